The van der Waals surface area contributed by atoms with Gasteiger partial charge in [-0.2, -0.15) is 0 Å². The Morgan fingerprint density at radius 1 is 1.50 bits per heavy atom. The lowest BCUT2D eigenvalue weighted by Crippen LogP contribution is -2.32. The first kappa shape index (κ1) is 12.1. The van der Waals surface area contributed by atoms with Gasteiger partial charge in [-0.3, -0.25) is 9.36 Å². The zero-order chi connectivity index (χ0) is 13.1. The highest BCUT2D eigenvalue weighted by Gasteiger charge is 2.12. The summed E-state index contributed by atoms with van der Waals surface area (Å²) in [6.07, 6.45) is 3.37. The van der Waals surface area contributed by atoms with E-state index in [1.807, 2.05) is 0 Å². The van der Waals surface area contributed by atoms with Gasteiger partial charge in [0.1, 0.15) is 6.04 Å². The van der Waals surface area contributed by atoms with Crippen LogP contribution in [0.25, 0.3) is 5.69 Å². The number of nitrogens with one attached hydrogen (secondary N) is 1. The number of rotatable bonds is 4. The zero-order valence-electron chi connectivity index (χ0n) is 9.54. The van der Waals surface area contributed by atoms with Gasteiger partial charge in [-0.1, -0.05) is 12.1 Å². The molecule has 0 aliphatic carbocycles. The van der Waals surface area contributed by atoms with Crippen molar-refractivity contribution in [1.29, 1.82) is 0 Å². The topological polar surface area (TPSA) is 101 Å². The number of nitrogens with zero attached hydrogens (tertiary/aromatic N) is 1. The van der Waals surface area contributed by atoms with Gasteiger partial charge >= 0.3 is 11.7 Å². The van der Waals surface area contributed by atoms with Crippen molar-refractivity contribution < 1.29 is 9.90 Å². The third-order valence-corrected chi connectivity index (χ3v) is 2.61. The number of imidazole rings is 1. The highest BCUT2D eigenvalue weighted by Crippen LogP contribution is 2.10. The molecule has 1 heterocycles. The van der Waals surface area contributed by atoms with Crippen LogP contribution in [0.3, 0.4) is 0 Å². The Bertz CT molecular complexity index is 615. The second-order valence-electron chi connectivity index (χ2n) is 3.95. The van der Waals surface area contributed by atoms with E-state index in [1.165, 1.54) is 10.8 Å². The number of hydrogen-bond acceptors (Lipinski definition) is 3. The average Bonchev–Trinajstić information content (AvgIpc) is 2.75. The van der Waals surface area contributed by atoms with Crippen molar-refractivity contribution >= 4 is 5.97 Å². The molecular weight excluding hydrogens is 234 g/mol. The number of aromatic nitrogens is 2. The van der Waals surface area contributed by atoms with Gasteiger partial charge in [0.2, 0.25) is 0 Å². The number of aromatic amines is 1. The number of carbonyl (C=O) groups is 1. The molecule has 1 aromatic carbocycles. The van der Waals surface area contributed by atoms with Crippen molar-refractivity contribution in [3.05, 3.63) is 52.7 Å². The normalized spacial score (nSPS) is 12.3. The molecule has 6 nitrogen and oxygen atoms in total. The van der Waals surface area contributed by atoms with Crippen LogP contribution in [-0.2, 0) is 11.2 Å². The Hall–Kier alpha value is -2.34. The van der Waals surface area contributed by atoms with Gasteiger partial charge in [-0.15, -0.1) is 0 Å². The molecule has 0 bridgehead atoms. The van der Waals surface area contributed by atoms with Crippen molar-refractivity contribution in [3.63, 3.8) is 0 Å². The minimum atomic E-state index is -1.04. The molecule has 18 heavy (non-hydrogen) atoms. The predicted octanol–water partition coefficient (Wildman–Crippen LogP) is 0.120. The van der Waals surface area contributed by atoms with E-state index in [4.69, 9.17) is 10.8 Å². The van der Waals surface area contributed by atoms with Crippen LogP contribution >= 0.6 is 0 Å². The standard InChI is InChI=1S/C12H13N3O3/c13-10(11(16)17)7-8-2-1-3-9(6-8)15-5-4-14-12(15)18/h1-6,10H,7,13H2,(H,14,18)(H,16,17). The Kier molecular flexibility index (Phi) is 3.29. The van der Waals surface area contributed by atoms with Gasteiger partial charge in [0.15, 0.2) is 0 Å². The van der Waals surface area contributed by atoms with E-state index in [2.05, 4.69) is 4.98 Å². The molecule has 0 fully saturated rings. The highest BCUT2D eigenvalue weighted by molar-refractivity contribution is 5.73. The quantitative estimate of drug-likeness (QED) is 0.714. The molecule has 6 heteroatoms. The number of hydrogen-bond donors (Lipinski definition) is 3. The maximum Gasteiger partial charge on any atom is 0.330 e. The Morgan fingerprint density at radius 3 is 2.89 bits per heavy atom. The molecule has 0 saturated carbocycles. The summed E-state index contributed by atoms with van der Waals surface area (Å²) < 4.78 is 1.44. The lowest BCUT2D eigenvalue weighted by atomic mass is 10.1. The third kappa shape index (κ3) is 2.49. The first-order chi connectivity index (χ1) is 8.58. The van der Waals surface area contributed by atoms with Gasteiger partial charge in [0.25, 0.3) is 0 Å². The van der Waals surface area contributed by atoms with Crippen molar-refractivity contribution in [1.82, 2.24) is 9.55 Å². The van der Waals surface area contributed by atoms with E-state index in [9.17, 15) is 9.59 Å². The Balaban J connectivity index is 2.29. The van der Waals surface area contributed by atoms with Crippen LogP contribution in [0.15, 0.2) is 41.5 Å². The van der Waals surface area contributed by atoms with E-state index >= 15 is 0 Å². The van der Waals surface area contributed by atoms with Gasteiger partial charge in [-0.25, -0.2) is 4.79 Å². The summed E-state index contributed by atoms with van der Waals surface area (Å²) in [7, 11) is 0. The molecule has 0 saturated heterocycles. The smallest absolute Gasteiger partial charge is 0.330 e. The minimum Gasteiger partial charge on any atom is -0.480 e. The highest BCUT2D eigenvalue weighted by atomic mass is 16.4. The van der Waals surface area contributed by atoms with Gasteiger partial charge < -0.3 is 15.8 Å². The molecule has 1 atom stereocenters. The van der Waals surface area contributed by atoms with Crippen molar-refractivity contribution in [2.24, 2.45) is 5.73 Å². The van der Waals surface area contributed by atoms with Crippen LogP contribution < -0.4 is 11.4 Å². The first-order valence-electron chi connectivity index (χ1n) is 5.41. The number of nitrogens with two attached hydrogens (primary N) is 1. The summed E-state index contributed by atoms with van der Waals surface area (Å²) in [4.78, 5) is 24.7. The molecule has 94 valence electrons. The summed E-state index contributed by atoms with van der Waals surface area (Å²) in [6, 6.07) is 6.12. The van der Waals surface area contributed by atoms with E-state index in [0.717, 1.165) is 5.56 Å². The van der Waals surface area contributed by atoms with E-state index < -0.39 is 12.0 Å². The lowest BCUT2D eigenvalue weighted by Gasteiger charge is -2.08. The second-order valence-corrected chi connectivity index (χ2v) is 3.95. The number of H-pyrrole nitrogens is 1. The molecule has 2 rings (SSSR count). The maximum absolute atomic E-state index is 11.4. The number of carboxylic acid groups (broad SMARTS) is 1. The first-order valence-corrected chi connectivity index (χ1v) is 5.41. The largest absolute Gasteiger partial charge is 0.480 e. The molecule has 0 amide bonds. The fraction of sp³-hybridized carbons (Fsp3) is 0.167. The third-order valence-electron chi connectivity index (χ3n) is 2.61. The molecular formula is C12H13N3O3. The van der Waals surface area contributed by atoms with Gasteiger partial charge in [0.05, 0.1) is 5.69 Å². The summed E-state index contributed by atoms with van der Waals surface area (Å²) >= 11 is 0. The number of carboxylic acids is 1. The average molecular weight is 247 g/mol. The Morgan fingerprint density at radius 2 is 2.28 bits per heavy atom. The van der Waals surface area contributed by atoms with E-state index in [1.54, 1.807) is 30.5 Å². The molecule has 0 aliphatic rings. The Labute approximate surface area is 103 Å². The van der Waals surface area contributed by atoms with Crippen molar-refractivity contribution in [3.8, 4) is 5.69 Å². The van der Waals surface area contributed by atoms with Crippen LogP contribution in [0.1, 0.15) is 5.56 Å². The lowest BCUT2D eigenvalue weighted by molar-refractivity contribution is -0.138. The summed E-state index contributed by atoms with van der Waals surface area (Å²) in [5.74, 6) is -1.04. The zero-order valence-corrected chi connectivity index (χ0v) is 9.54. The molecule has 0 aliphatic heterocycles. The van der Waals surface area contributed by atoms with Crippen LogP contribution in [0.4, 0.5) is 0 Å². The molecule has 1 aromatic heterocycles. The molecule has 0 radical (unpaired) electrons. The van der Waals surface area contributed by atoms with Crippen LogP contribution in [-0.4, -0.2) is 26.7 Å². The fourth-order valence-corrected chi connectivity index (χ4v) is 1.70. The fourth-order valence-electron chi connectivity index (χ4n) is 1.70. The number of benzene rings is 1. The predicted molar refractivity (Wildman–Crippen MR) is 65.7 cm³/mol. The summed E-state index contributed by atoms with van der Waals surface area (Å²) in [6.45, 7) is 0. The molecule has 4 N–H and O–H groups in total. The summed E-state index contributed by atoms with van der Waals surface area (Å²) in [5, 5.41) is 8.76. The van der Waals surface area contributed by atoms with E-state index in [0.29, 0.717) is 5.69 Å². The SMILES string of the molecule is NC(Cc1cccc(-n2cc[nH]c2=O)c1)C(=O)O. The second kappa shape index (κ2) is 4.89. The molecule has 1 unspecified atom stereocenters. The van der Waals surface area contributed by atoms with E-state index in [-0.39, 0.29) is 12.1 Å². The van der Waals surface area contributed by atoms with Gasteiger partial charge in [-0.05, 0) is 24.1 Å². The maximum atomic E-state index is 11.4. The van der Waals surface area contributed by atoms with Crippen molar-refractivity contribution in [2.75, 3.05) is 0 Å². The van der Waals surface area contributed by atoms with Crippen LogP contribution in [0.5, 0.6) is 0 Å². The monoisotopic (exact) mass is 247 g/mol. The van der Waals surface area contributed by atoms with Crippen LogP contribution in [0.2, 0.25) is 0 Å². The summed E-state index contributed by atoms with van der Waals surface area (Å²) in [5.41, 5.74) is 6.68. The molecule has 0 spiro atoms. The minimum absolute atomic E-state index is 0.225. The number of aliphatic carboxylic acids is 1. The van der Waals surface area contributed by atoms with Crippen molar-refractivity contribution in [2.45, 2.75) is 12.5 Å². The van der Waals surface area contributed by atoms with Crippen LogP contribution in [0, 0.1) is 0 Å². The molecule has 2 aromatic rings. The van der Waals surface area contributed by atoms with Gasteiger partial charge in [0, 0.05) is 12.4 Å².